The molecule has 0 spiro atoms. The summed E-state index contributed by atoms with van der Waals surface area (Å²) in [5.41, 5.74) is 1.10. The monoisotopic (exact) mass is 246 g/mol. The summed E-state index contributed by atoms with van der Waals surface area (Å²) in [5, 5.41) is 14.3. The van der Waals surface area contributed by atoms with Crippen LogP contribution in [0.15, 0.2) is 24.4 Å². The molecule has 2 heterocycles. The molecule has 1 aromatic heterocycles. The number of nitrogens with zero attached hydrogens (tertiary/aromatic N) is 2. The second-order valence-electron chi connectivity index (χ2n) is 4.49. The fourth-order valence-electron chi connectivity index (χ4n) is 2.32. The molecule has 1 aromatic carbocycles. The van der Waals surface area contributed by atoms with Crippen molar-refractivity contribution in [2.45, 2.75) is 25.5 Å². The third-order valence-electron chi connectivity index (χ3n) is 3.27. The Morgan fingerprint density at radius 3 is 3.06 bits per heavy atom. The van der Waals surface area contributed by atoms with Gasteiger partial charge in [0.05, 0.1) is 17.3 Å². The van der Waals surface area contributed by atoms with Crippen molar-refractivity contribution in [1.82, 2.24) is 9.78 Å². The first kappa shape index (κ1) is 11.2. The minimum Gasteiger partial charge on any atom is -0.478 e. The maximum atomic E-state index is 11.0. The highest BCUT2D eigenvalue weighted by atomic mass is 16.5. The first-order valence-electron chi connectivity index (χ1n) is 6.08. The number of hydrogen-bond acceptors (Lipinski definition) is 3. The van der Waals surface area contributed by atoms with Gasteiger partial charge in [-0.15, -0.1) is 0 Å². The molecular weight excluding hydrogens is 232 g/mol. The van der Waals surface area contributed by atoms with Gasteiger partial charge < -0.3 is 9.84 Å². The second-order valence-corrected chi connectivity index (χ2v) is 4.49. The second kappa shape index (κ2) is 4.42. The van der Waals surface area contributed by atoms with Crippen molar-refractivity contribution < 1.29 is 14.6 Å². The van der Waals surface area contributed by atoms with Gasteiger partial charge in [0.1, 0.15) is 0 Å². The summed E-state index contributed by atoms with van der Waals surface area (Å²) in [7, 11) is 0. The van der Waals surface area contributed by atoms with Crippen LogP contribution in [0.1, 0.15) is 35.8 Å². The van der Waals surface area contributed by atoms with Gasteiger partial charge in [0.25, 0.3) is 0 Å². The fourth-order valence-corrected chi connectivity index (χ4v) is 2.32. The predicted octanol–water partition coefficient (Wildman–Crippen LogP) is 2.43. The minimum absolute atomic E-state index is 0.0692. The maximum Gasteiger partial charge on any atom is 0.335 e. The number of carbonyl (C=O) groups is 1. The van der Waals surface area contributed by atoms with Gasteiger partial charge in [-0.2, -0.15) is 5.10 Å². The Morgan fingerprint density at radius 2 is 2.33 bits per heavy atom. The van der Waals surface area contributed by atoms with E-state index in [1.807, 2.05) is 0 Å². The minimum atomic E-state index is -0.922. The molecule has 0 unspecified atom stereocenters. The van der Waals surface area contributed by atoms with Gasteiger partial charge in [-0.3, -0.25) is 0 Å². The first-order valence-corrected chi connectivity index (χ1v) is 6.08. The van der Waals surface area contributed by atoms with E-state index in [2.05, 4.69) is 5.10 Å². The molecule has 1 N–H and O–H groups in total. The van der Waals surface area contributed by atoms with E-state index < -0.39 is 5.97 Å². The fraction of sp³-hybridized carbons (Fsp3) is 0.385. The molecule has 0 saturated carbocycles. The third kappa shape index (κ3) is 1.86. The summed E-state index contributed by atoms with van der Waals surface area (Å²) in [5.74, 6) is -0.922. The van der Waals surface area contributed by atoms with Crippen LogP contribution in [0.2, 0.25) is 0 Å². The van der Waals surface area contributed by atoms with Crippen LogP contribution >= 0.6 is 0 Å². The van der Waals surface area contributed by atoms with Crippen molar-refractivity contribution in [3.63, 3.8) is 0 Å². The molecule has 0 bridgehead atoms. The summed E-state index contributed by atoms with van der Waals surface area (Å²) in [6, 6.07) is 5.03. The molecule has 2 aromatic rings. The highest BCUT2D eigenvalue weighted by Crippen LogP contribution is 2.26. The molecular formula is C13H14N2O3. The molecule has 1 aliphatic heterocycles. The Hall–Kier alpha value is -1.88. The molecule has 1 fully saturated rings. The molecule has 0 amide bonds. The van der Waals surface area contributed by atoms with Gasteiger partial charge in [0.2, 0.25) is 0 Å². The van der Waals surface area contributed by atoms with E-state index in [1.54, 1.807) is 29.1 Å². The van der Waals surface area contributed by atoms with Crippen molar-refractivity contribution in [2.24, 2.45) is 0 Å². The lowest BCUT2D eigenvalue weighted by molar-refractivity contribution is -0.0366. The van der Waals surface area contributed by atoms with Crippen LogP contribution in [0.3, 0.4) is 0 Å². The summed E-state index contributed by atoms with van der Waals surface area (Å²) >= 11 is 0. The van der Waals surface area contributed by atoms with Crippen molar-refractivity contribution in [2.75, 3.05) is 6.61 Å². The van der Waals surface area contributed by atoms with Gasteiger partial charge in [-0.25, -0.2) is 9.48 Å². The molecule has 1 saturated heterocycles. The number of aromatic nitrogens is 2. The quantitative estimate of drug-likeness (QED) is 0.883. The van der Waals surface area contributed by atoms with Crippen LogP contribution in [0, 0.1) is 0 Å². The van der Waals surface area contributed by atoms with Gasteiger partial charge in [-0.05, 0) is 31.4 Å². The molecule has 1 aliphatic rings. The molecule has 0 radical (unpaired) electrons. The van der Waals surface area contributed by atoms with E-state index in [-0.39, 0.29) is 11.8 Å². The Morgan fingerprint density at radius 1 is 1.44 bits per heavy atom. The molecule has 1 atom stereocenters. The lowest BCUT2D eigenvalue weighted by Crippen LogP contribution is -2.19. The predicted molar refractivity (Wildman–Crippen MR) is 65.5 cm³/mol. The molecule has 94 valence electrons. The Kier molecular flexibility index (Phi) is 2.76. The van der Waals surface area contributed by atoms with E-state index in [1.165, 1.54) is 0 Å². The van der Waals surface area contributed by atoms with E-state index >= 15 is 0 Å². The number of hydrogen-bond donors (Lipinski definition) is 1. The van der Waals surface area contributed by atoms with Crippen molar-refractivity contribution in [1.29, 1.82) is 0 Å². The average Bonchev–Trinajstić information content (AvgIpc) is 2.82. The zero-order valence-corrected chi connectivity index (χ0v) is 9.87. The number of ether oxygens (including phenoxy) is 1. The summed E-state index contributed by atoms with van der Waals surface area (Å²) in [6.45, 7) is 0.741. The van der Waals surface area contributed by atoms with Crippen LogP contribution in [-0.4, -0.2) is 27.5 Å². The maximum absolute atomic E-state index is 11.0. The van der Waals surface area contributed by atoms with Gasteiger partial charge in [0, 0.05) is 12.0 Å². The Labute approximate surface area is 104 Å². The highest BCUT2D eigenvalue weighted by Gasteiger charge is 2.19. The van der Waals surface area contributed by atoms with E-state index in [9.17, 15) is 4.79 Å². The molecule has 18 heavy (non-hydrogen) atoms. The number of carboxylic acid groups (broad SMARTS) is 1. The number of fused-ring (bicyclic) bond motifs is 1. The van der Waals surface area contributed by atoms with Crippen LogP contribution in [0.25, 0.3) is 10.9 Å². The van der Waals surface area contributed by atoms with Crippen LogP contribution in [0.4, 0.5) is 0 Å². The number of carboxylic acids is 1. The van der Waals surface area contributed by atoms with Gasteiger partial charge in [-0.1, -0.05) is 6.07 Å². The third-order valence-corrected chi connectivity index (χ3v) is 3.27. The lowest BCUT2D eigenvalue weighted by Gasteiger charge is -2.23. The van der Waals surface area contributed by atoms with Crippen molar-refractivity contribution in [3.05, 3.63) is 30.0 Å². The number of aromatic carboxylic acids is 1. The van der Waals surface area contributed by atoms with E-state index in [0.717, 1.165) is 36.8 Å². The van der Waals surface area contributed by atoms with Crippen LogP contribution in [-0.2, 0) is 4.74 Å². The van der Waals surface area contributed by atoms with Crippen LogP contribution < -0.4 is 0 Å². The molecule has 5 heteroatoms. The normalized spacial score (nSPS) is 20.1. The Bertz CT molecular complexity index is 585. The molecule has 0 aliphatic carbocycles. The van der Waals surface area contributed by atoms with Gasteiger partial charge >= 0.3 is 5.97 Å². The number of benzene rings is 1. The standard InChI is InChI=1S/C13H14N2O3/c16-13(17)9-4-5-10-8-14-15(11(10)7-9)12-3-1-2-6-18-12/h4-5,7-8,12H,1-3,6H2,(H,16,17)/t12-/m0/s1. The van der Waals surface area contributed by atoms with Gasteiger partial charge in [0.15, 0.2) is 6.23 Å². The molecule has 3 rings (SSSR count). The first-order chi connectivity index (χ1) is 8.75. The smallest absolute Gasteiger partial charge is 0.335 e. The summed E-state index contributed by atoms with van der Waals surface area (Å²) in [4.78, 5) is 11.0. The zero-order chi connectivity index (χ0) is 12.5. The summed E-state index contributed by atoms with van der Waals surface area (Å²) in [6.07, 6.45) is 4.80. The summed E-state index contributed by atoms with van der Waals surface area (Å²) < 4.78 is 7.48. The van der Waals surface area contributed by atoms with E-state index in [0.29, 0.717) is 0 Å². The largest absolute Gasteiger partial charge is 0.478 e. The van der Waals surface area contributed by atoms with Crippen LogP contribution in [0.5, 0.6) is 0 Å². The highest BCUT2D eigenvalue weighted by molar-refractivity contribution is 5.93. The van der Waals surface area contributed by atoms with Crippen molar-refractivity contribution in [3.8, 4) is 0 Å². The number of rotatable bonds is 2. The SMILES string of the molecule is O=C(O)c1ccc2cnn([C@@H]3CCCCO3)c2c1. The average molecular weight is 246 g/mol. The lowest BCUT2D eigenvalue weighted by atomic mass is 10.1. The van der Waals surface area contributed by atoms with Crippen molar-refractivity contribution >= 4 is 16.9 Å². The Balaban J connectivity index is 2.05. The topological polar surface area (TPSA) is 64.3 Å². The zero-order valence-electron chi connectivity index (χ0n) is 9.87. The van der Waals surface area contributed by atoms with E-state index in [4.69, 9.17) is 9.84 Å². The molecule has 5 nitrogen and oxygen atoms in total.